The highest BCUT2D eigenvalue weighted by Crippen LogP contribution is 2.43. The molecule has 1 amide bonds. The summed E-state index contributed by atoms with van der Waals surface area (Å²) < 4.78 is 11.4. The molecule has 0 radical (unpaired) electrons. The maximum Gasteiger partial charge on any atom is 0.265 e. The summed E-state index contributed by atoms with van der Waals surface area (Å²) in [6.07, 6.45) is 8.92. The number of rotatable bonds is 6. The molecular weight excluding hydrogens is 386 g/mol. The molecule has 6 heteroatoms. The fraction of sp³-hybridized carbons (Fsp3) is 0.217. The third kappa shape index (κ3) is 3.93. The van der Waals surface area contributed by atoms with E-state index in [0.29, 0.717) is 23.7 Å². The Bertz CT molecular complexity index is 985. The van der Waals surface area contributed by atoms with Gasteiger partial charge in [0.2, 0.25) is 0 Å². The summed E-state index contributed by atoms with van der Waals surface area (Å²) in [5, 5.41) is 0.171. The van der Waals surface area contributed by atoms with E-state index >= 15 is 0 Å². The molecule has 0 spiro atoms. The molecule has 2 aromatic carbocycles. The second kappa shape index (κ2) is 8.57. The average Bonchev–Trinajstić information content (AvgIpc) is 2.76. The fourth-order valence-electron chi connectivity index (χ4n) is 3.48. The van der Waals surface area contributed by atoms with Crippen LogP contribution in [0.1, 0.15) is 17.3 Å². The number of thioether (sulfide) groups is 1. The van der Waals surface area contributed by atoms with E-state index in [4.69, 9.17) is 9.47 Å². The molecule has 0 saturated heterocycles. The van der Waals surface area contributed by atoms with Crippen molar-refractivity contribution in [3.05, 3.63) is 72.3 Å². The molecule has 0 bridgehead atoms. The number of hydrogen-bond donors (Lipinski definition) is 0. The molecular formula is C23H21NO4S. The smallest absolute Gasteiger partial charge is 0.265 e. The van der Waals surface area contributed by atoms with Gasteiger partial charge in [0.15, 0.2) is 18.1 Å². The summed E-state index contributed by atoms with van der Waals surface area (Å²) in [7, 11) is 0. The van der Waals surface area contributed by atoms with Crippen LogP contribution in [-0.2, 0) is 4.79 Å². The highest BCUT2D eigenvalue weighted by molar-refractivity contribution is 8.00. The summed E-state index contributed by atoms with van der Waals surface area (Å²) in [6.45, 7) is 2.17. The number of anilines is 1. The van der Waals surface area contributed by atoms with Gasteiger partial charge in [0, 0.05) is 10.5 Å². The molecule has 0 unspecified atom stereocenters. The maximum absolute atomic E-state index is 13.2. The second-order valence-corrected chi connectivity index (χ2v) is 7.84. The van der Waals surface area contributed by atoms with Crippen LogP contribution in [0.2, 0.25) is 0 Å². The van der Waals surface area contributed by atoms with Gasteiger partial charge in [-0.05, 0) is 37.3 Å². The fourth-order valence-corrected chi connectivity index (χ4v) is 4.73. The van der Waals surface area contributed by atoms with Crippen molar-refractivity contribution in [1.29, 1.82) is 0 Å². The summed E-state index contributed by atoms with van der Waals surface area (Å²) in [6, 6.07) is 12.8. The third-order valence-electron chi connectivity index (χ3n) is 4.77. The number of allylic oxidation sites excluding steroid dienone is 2. The van der Waals surface area contributed by atoms with E-state index in [2.05, 4.69) is 12.2 Å². The number of ether oxygens (including phenoxy) is 2. The highest BCUT2D eigenvalue weighted by atomic mass is 32.2. The first-order valence-corrected chi connectivity index (χ1v) is 10.4. The first-order chi connectivity index (χ1) is 14.2. The predicted molar refractivity (Wildman–Crippen MR) is 114 cm³/mol. The molecule has 2 aromatic rings. The number of aldehydes is 1. The zero-order valence-electron chi connectivity index (χ0n) is 16.0. The van der Waals surface area contributed by atoms with Crippen LogP contribution in [0.4, 0.5) is 5.69 Å². The molecule has 1 aliphatic heterocycles. The minimum Gasteiger partial charge on any atom is -0.490 e. The van der Waals surface area contributed by atoms with Gasteiger partial charge in [-0.25, -0.2) is 0 Å². The molecule has 0 N–H and O–H groups in total. The van der Waals surface area contributed by atoms with Gasteiger partial charge >= 0.3 is 0 Å². The summed E-state index contributed by atoms with van der Waals surface area (Å²) in [5.41, 5.74) is 1.39. The molecule has 0 aromatic heterocycles. The van der Waals surface area contributed by atoms with Crippen molar-refractivity contribution in [2.75, 3.05) is 18.1 Å². The van der Waals surface area contributed by atoms with E-state index in [1.807, 2.05) is 48.2 Å². The van der Waals surface area contributed by atoms with Crippen molar-refractivity contribution in [2.45, 2.75) is 23.1 Å². The zero-order chi connectivity index (χ0) is 20.2. The molecule has 2 aliphatic rings. The summed E-state index contributed by atoms with van der Waals surface area (Å²) >= 11 is 1.76. The van der Waals surface area contributed by atoms with Crippen molar-refractivity contribution < 1.29 is 19.1 Å². The molecule has 2 atom stereocenters. The van der Waals surface area contributed by atoms with Gasteiger partial charge in [-0.15, -0.1) is 11.8 Å². The van der Waals surface area contributed by atoms with E-state index in [0.717, 1.165) is 16.9 Å². The first-order valence-electron chi connectivity index (χ1n) is 9.49. The van der Waals surface area contributed by atoms with E-state index in [-0.39, 0.29) is 23.8 Å². The molecule has 1 heterocycles. The Morgan fingerprint density at radius 3 is 2.76 bits per heavy atom. The average molecular weight is 407 g/mol. The van der Waals surface area contributed by atoms with Crippen LogP contribution < -0.4 is 14.4 Å². The van der Waals surface area contributed by atoms with Crippen LogP contribution in [0.25, 0.3) is 0 Å². The number of carbonyl (C=O) groups is 2. The Kier molecular flexibility index (Phi) is 5.71. The number of para-hydroxylation sites is 1. The minimum absolute atomic E-state index is 0.0557. The molecule has 0 saturated carbocycles. The zero-order valence-corrected chi connectivity index (χ0v) is 16.8. The van der Waals surface area contributed by atoms with Crippen LogP contribution in [0.15, 0.2) is 71.7 Å². The van der Waals surface area contributed by atoms with Gasteiger partial charge in [0.05, 0.1) is 23.6 Å². The SMILES string of the molecule is CCOc1cc(C=O)ccc1OCC(=O)N1c2ccccc2S[C@@H]2C=CC=C[C@H]21. The number of nitrogens with zero attached hydrogens (tertiary/aromatic N) is 1. The second-order valence-electron chi connectivity index (χ2n) is 6.62. The molecule has 148 valence electrons. The molecule has 1 aliphatic carbocycles. The lowest BCUT2D eigenvalue weighted by atomic mass is 10.0. The van der Waals surface area contributed by atoms with Crippen molar-refractivity contribution in [2.24, 2.45) is 0 Å². The van der Waals surface area contributed by atoms with Crippen LogP contribution in [0.5, 0.6) is 11.5 Å². The van der Waals surface area contributed by atoms with Gasteiger partial charge < -0.3 is 9.47 Å². The Morgan fingerprint density at radius 1 is 1.10 bits per heavy atom. The van der Waals surface area contributed by atoms with E-state index in [1.54, 1.807) is 30.0 Å². The Hall–Kier alpha value is -2.99. The largest absolute Gasteiger partial charge is 0.490 e. The van der Waals surface area contributed by atoms with E-state index in [1.165, 1.54) is 0 Å². The molecule has 29 heavy (non-hydrogen) atoms. The van der Waals surface area contributed by atoms with Gasteiger partial charge in [0.25, 0.3) is 5.91 Å². The Labute approximate surface area is 174 Å². The van der Waals surface area contributed by atoms with Crippen LogP contribution in [-0.4, -0.2) is 36.7 Å². The number of benzene rings is 2. The van der Waals surface area contributed by atoms with Crippen LogP contribution in [0.3, 0.4) is 0 Å². The lowest BCUT2D eigenvalue weighted by molar-refractivity contribution is -0.120. The van der Waals surface area contributed by atoms with Crippen LogP contribution in [0, 0.1) is 0 Å². The van der Waals surface area contributed by atoms with Crippen molar-refractivity contribution in [3.8, 4) is 11.5 Å². The van der Waals surface area contributed by atoms with Crippen molar-refractivity contribution >= 4 is 29.6 Å². The standard InChI is InChI=1S/C23H21NO4S/c1-2-27-20-13-16(14-25)11-12-19(20)28-15-23(26)24-17-7-3-5-9-21(17)29-22-10-6-4-8-18(22)24/h3-14,17,21H,2,15H2,1H3/t17-,21-/m1/s1. The van der Waals surface area contributed by atoms with Crippen molar-refractivity contribution in [3.63, 3.8) is 0 Å². The molecule has 0 fully saturated rings. The number of fused-ring (bicyclic) bond motifs is 2. The van der Waals surface area contributed by atoms with Gasteiger partial charge in [-0.1, -0.05) is 36.4 Å². The van der Waals surface area contributed by atoms with Gasteiger partial charge in [-0.3, -0.25) is 14.5 Å². The molecule has 5 nitrogen and oxygen atoms in total. The number of carbonyl (C=O) groups excluding carboxylic acids is 2. The van der Waals surface area contributed by atoms with Gasteiger partial charge in [0.1, 0.15) is 6.29 Å². The third-order valence-corrected chi connectivity index (χ3v) is 6.07. The Balaban J connectivity index is 1.57. The number of hydrogen-bond acceptors (Lipinski definition) is 5. The summed E-state index contributed by atoms with van der Waals surface area (Å²) in [5.74, 6) is 0.772. The quantitative estimate of drug-likeness (QED) is 0.669. The monoisotopic (exact) mass is 407 g/mol. The Morgan fingerprint density at radius 2 is 1.93 bits per heavy atom. The molecule has 4 rings (SSSR count). The van der Waals surface area contributed by atoms with Crippen LogP contribution >= 0.6 is 11.8 Å². The topological polar surface area (TPSA) is 55.8 Å². The highest BCUT2D eigenvalue weighted by Gasteiger charge is 2.36. The maximum atomic E-state index is 13.2. The summed E-state index contributed by atoms with van der Waals surface area (Å²) in [4.78, 5) is 27.1. The normalized spacial score (nSPS) is 19.3. The van der Waals surface area contributed by atoms with E-state index < -0.39 is 0 Å². The predicted octanol–water partition coefficient (Wildman–Crippen LogP) is 4.28. The lowest BCUT2D eigenvalue weighted by Crippen LogP contribution is -2.49. The van der Waals surface area contributed by atoms with Gasteiger partial charge in [-0.2, -0.15) is 0 Å². The number of amides is 1. The first kappa shape index (κ1) is 19.3. The lowest BCUT2D eigenvalue weighted by Gasteiger charge is -2.40. The minimum atomic E-state index is -0.130. The van der Waals surface area contributed by atoms with E-state index in [9.17, 15) is 9.59 Å². The van der Waals surface area contributed by atoms with Crippen molar-refractivity contribution in [1.82, 2.24) is 0 Å².